The van der Waals surface area contributed by atoms with E-state index in [0.717, 1.165) is 22.8 Å². The molecule has 35 heavy (non-hydrogen) atoms. The van der Waals surface area contributed by atoms with Crippen molar-refractivity contribution >= 4 is 28.5 Å². The molecule has 0 aliphatic carbocycles. The Labute approximate surface area is 197 Å². The highest BCUT2D eigenvalue weighted by atomic mass is 19.1. The van der Waals surface area contributed by atoms with Crippen LogP contribution < -0.4 is 22.3 Å². The highest BCUT2D eigenvalue weighted by molar-refractivity contribution is 5.82. The summed E-state index contributed by atoms with van der Waals surface area (Å²) in [4.78, 5) is 25.8. The summed E-state index contributed by atoms with van der Waals surface area (Å²) in [7, 11) is 0. The molecule has 5 N–H and O–H groups in total. The molecule has 1 atom stereocenters. The largest absolute Gasteiger partial charge is 0.382 e. The monoisotopic (exact) mass is 473 g/mol. The molecule has 0 aliphatic heterocycles. The molecule has 0 bridgehead atoms. The van der Waals surface area contributed by atoms with Crippen LogP contribution in [0.15, 0.2) is 35.1 Å². The number of halogens is 2. The van der Waals surface area contributed by atoms with Crippen molar-refractivity contribution in [2.45, 2.75) is 19.9 Å². The normalized spacial score (nSPS) is 11.6. The number of benzene rings is 2. The molecule has 0 unspecified atom stereocenters. The molecule has 0 fully saturated rings. The zero-order valence-corrected chi connectivity index (χ0v) is 18.5. The van der Waals surface area contributed by atoms with Gasteiger partial charge in [0.15, 0.2) is 5.82 Å². The number of aromatic nitrogens is 4. The van der Waals surface area contributed by atoms with Gasteiger partial charge >= 0.3 is 0 Å². The molecular formula is C23H17F2N9O. The van der Waals surface area contributed by atoms with E-state index >= 15 is 0 Å². The number of nitriles is 2. The second-order valence-electron chi connectivity index (χ2n) is 7.68. The maximum absolute atomic E-state index is 14.7. The Bertz CT molecular complexity index is 1650. The Morgan fingerprint density at radius 3 is 2.51 bits per heavy atom. The SMILES string of the molecule is Cc1ccc(F)c2c(=O)n(-c3cc(F)cc(C#N)c3)c([C@H](C)Nc3nc(N)nc(N)c3C#N)nc12. The number of nitrogens with zero attached hydrogens (tertiary/aromatic N) is 6. The van der Waals surface area contributed by atoms with Crippen LogP contribution in [0.4, 0.5) is 26.4 Å². The number of nitrogens with one attached hydrogen (secondary N) is 1. The van der Waals surface area contributed by atoms with Crippen molar-refractivity contribution in [2.24, 2.45) is 0 Å². The maximum Gasteiger partial charge on any atom is 0.269 e. The van der Waals surface area contributed by atoms with Gasteiger partial charge in [0.1, 0.15) is 40.3 Å². The van der Waals surface area contributed by atoms with Gasteiger partial charge in [0.05, 0.1) is 28.9 Å². The van der Waals surface area contributed by atoms with Gasteiger partial charge in [0.2, 0.25) is 5.95 Å². The zero-order valence-electron chi connectivity index (χ0n) is 18.5. The van der Waals surface area contributed by atoms with Crippen molar-refractivity contribution < 1.29 is 8.78 Å². The van der Waals surface area contributed by atoms with Crippen LogP contribution >= 0.6 is 0 Å². The number of anilines is 3. The first kappa shape index (κ1) is 23.1. The van der Waals surface area contributed by atoms with Crippen molar-refractivity contribution in [2.75, 3.05) is 16.8 Å². The van der Waals surface area contributed by atoms with Gasteiger partial charge < -0.3 is 16.8 Å². The van der Waals surface area contributed by atoms with Crippen molar-refractivity contribution in [3.8, 4) is 17.8 Å². The maximum atomic E-state index is 14.7. The summed E-state index contributed by atoms with van der Waals surface area (Å²) >= 11 is 0. The molecule has 10 nitrogen and oxygen atoms in total. The summed E-state index contributed by atoms with van der Waals surface area (Å²) in [5.41, 5.74) is 11.1. The third-order valence-corrected chi connectivity index (χ3v) is 5.28. The minimum absolute atomic E-state index is 0.0150. The van der Waals surface area contributed by atoms with E-state index in [4.69, 9.17) is 11.5 Å². The minimum atomic E-state index is -0.857. The van der Waals surface area contributed by atoms with Crippen LogP contribution in [0.2, 0.25) is 0 Å². The van der Waals surface area contributed by atoms with Gasteiger partial charge in [-0.15, -0.1) is 0 Å². The molecule has 0 radical (unpaired) electrons. The van der Waals surface area contributed by atoms with Crippen LogP contribution in [0, 0.1) is 41.2 Å². The van der Waals surface area contributed by atoms with E-state index in [1.54, 1.807) is 13.8 Å². The molecular weight excluding hydrogens is 456 g/mol. The average molecular weight is 473 g/mol. The number of nitrogens with two attached hydrogens (primary N) is 2. The predicted molar refractivity (Wildman–Crippen MR) is 124 cm³/mol. The van der Waals surface area contributed by atoms with E-state index < -0.39 is 23.2 Å². The molecule has 2 aromatic carbocycles. The molecule has 12 heteroatoms. The second kappa shape index (κ2) is 8.68. The number of fused-ring (bicyclic) bond motifs is 1. The molecule has 174 valence electrons. The van der Waals surface area contributed by atoms with Gasteiger partial charge in [-0.1, -0.05) is 6.07 Å². The van der Waals surface area contributed by atoms with Crippen molar-refractivity contribution in [1.82, 2.24) is 19.5 Å². The summed E-state index contributed by atoms with van der Waals surface area (Å²) in [6, 6.07) is 8.78. The number of rotatable bonds is 4. The van der Waals surface area contributed by atoms with Crippen LogP contribution in [0.3, 0.4) is 0 Å². The molecule has 0 aliphatic rings. The van der Waals surface area contributed by atoms with Gasteiger partial charge in [0.25, 0.3) is 5.56 Å². The lowest BCUT2D eigenvalue weighted by molar-refractivity contribution is 0.623. The van der Waals surface area contributed by atoms with Gasteiger partial charge in [-0.25, -0.2) is 13.8 Å². The zero-order chi connectivity index (χ0) is 25.4. The van der Waals surface area contributed by atoms with E-state index in [9.17, 15) is 24.1 Å². The fraction of sp³-hybridized carbons (Fsp3) is 0.130. The molecule has 0 spiro atoms. The summed E-state index contributed by atoms with van der Waals surface area (Å²) in [5, 5.41) is 21.4. The van der Waals surface area contributed by atoms with E-state index in [2.05, 4.69) is 20.3 Å². The molecule has 0 amide bonds. The van der Waals surface area contributed by atoms with E-state index in [1.807, 2.05) is 12.1 Å². The molecule has 4 aromatic rings. The lowest BCUT2D eigenvalue weighted by Crippen LogP contribution is -2.28. The quantitative estimate of drug-likeness (QED) is 0.403. The van der Waals surface area contributed by atoms with Gasteiger partial charge in [-0.05, 0) is 43.7 Å². The van der Waals surface area contributed by atoms with Gasteiger partial charge in [-0.2, -0.15) is 20.5 Å². The first-order valence-corrected chi connectivity index (χ1v) is 10.2. The number of hydrogen-bond acceptors (Lipinski definition) is 9. The molecule has 2 aromatic heterocycles. The molecule has 2 heterocycles. The molecule has 0 saturated heterocycles. The van der Waals surface area contributed by atoms with Crippen molar-refractivity contribution in [3.63, 3.8) is 0 Å². The Morgan fingerprint density at radius 1 is 1.09 bits per heavy atom. The Hall–Kier alpha value is -5.10. The molecule has 4 rings (SSSR count). The van der Waals surface area contributed by atoms with Crippen LogP contribution in [0.1, 0.15) is 35.5 Å². The second-order valence-corrected chi connectivity index (χ2v) is 7.68. The summed E-state index contributed by atoms with van der Waals surface area (Å²) < 4.78 is 30.0. The predicted octanol–water partition coefficient (Wildman–Crippen LogP) is 2.84. The topological polar surface area (TPSA) is 172 Å². The van der Waals surface area contributed by atoms with Crippen molar-refractivity contribution in [1.29, 1.82) is 10.5 Å². The lowest BCUT2D eigenvalue weighted by atomic mass is 10.1. The van der Waals surface area contributed by atoms with E-state index in [1.165, 1.54) is 12.1 Å². The highest BCUT2D eigenvalue weighted by Gasteiger charge is 2.23. The molecule has 0 saturated carbocycles. The smallest absolute Gasteiger partial charge is 0.269 e. The average Bonchev–Trinajstić information content (AvgIpc) is 2.80. The first-order chi connectivity index (χ1) is 16.6. The third kappa shape index (κ3) is 4.05. The standard InChI is InChI=1S/C23H17F2N9O/c1-10-3-4-16(25)17-18(10)31-21(11(2)30-20-15(9-27)19(28)32-23(29)33-20)34(22(17)35)14-6-12(8-26)5-13(24)7-14/h3-7,11H,1-2H3,(H5,28,29,30,32,33)/t11-/m0/s1. The fourth-order valence-electron chi connectivity index (χ4n) is 3.69. The summed E-state index contributed by atoms with van der Waals surface area (Å²) in [6.07, 6.45) is 0. The van der Waals surface area contributed by atoms with Crippen LogP contribution in [-0.4, -0.2) is 19.5 Å². The summed E-state index contributed by atoms with van der Waals surface area (Å²) in [6.45, 7) is 3.26. The lowest BCUT2D eigenvalue weighted by Gasteiger charge is -2.21. The first-order valence-electron chi connectivity index (χ1n) is 10.2. The summed E-state index contributed by atoms with van der Waals surface area (Å²) in [5.74, 6) is -1.90. The number of hydrogen-bond donors (Lipinski definition) is 3. The Balaban J connectivity index is 2.03. The fourth-order valence-corrected chi connectivity index (χ4v) is 3.69. The minimum Gasteiger partial charge on any atom is -0.382 e. The third-order valence-electron chi connectivity index (χ3n) is 5.28. The highest BCUT2D eigenvalue weighted by Crippen LogP contribution is 2.27. The van der Waals surface area contributed by atoms with Gasteiger partial charge in [0, 0.05) is 0 Å². The number of aryl methyl sites for hydroxylation is 1. The Kier molecular flexibility index (Phi) is 5.72. The van der Waals surface area contributed by atoms with Gasteiger partial charge in [-0.3, -0.25) is 9.36 Å². The van der Waals surface area contributed by atoms with Crippen LogP contribution in [0.5, 0.6) is 0 Å². The van der Waals surface area contributed by atoms with E-state index in [-0.39, 0.29) is 51.1 Å². The number of nitrogen functional groups attached to an aromatic ring is 2. The Morgan fingerprint density at radius 2 is 1.83 bits per heavy atom. The van der Waals surface area contributed by atoms with Crippen LogP contribution in [0.25, 0.3) is 16.6 Å². The van der Waals surface area contributed by atoms with E-state index in [0.29, 0.717) is 5.56 Å². The van der Waals surface area contributed by atoms with Crippen LogP contribution in [-0.2, 0) is 0 Å². The van der Waals surface area contributed by atoms with Crippen molar-refractivity contribution in [3.05, 3.63) is 74.8 Å².